The molecule has 0 aliphatic rings. The Hall–Kier alpha value is 1.74. The Morgan fingerprint density at radius 1 is 0.750 bits per heavy atom. The zero-order valence-electron chi connectivity index (χ0n) is 2.91. The quantitative estimate of drug-likeness (QED) is 0.480. The summed E-state index contributed by atoms with van der Waals surface area (Å²) in [5, 5.41) is 0. The monoisotopic (exact) mass is 452 g/mol. The van der Waals surface area contributed by atoms with Crippen molar-refractivity contribution in [3.8, 4) is 0 Å². The van der Waals surface area contributed by atoms with Gasteiger partial charge in [-0.2, -0.15) is 0 Å². The molecule has 0 amide bonds. The van der Waals surface area contributed by atoms with Crippen molar-refractivity contribution in [3.05, 3.63) is 14.9 Å². The maximum atomic E-state index is 0. The molecule has 0 N–H and O–H groups in total. The van der Waals surface area contributed by atoms with Gasteiger partial charge in [-0.05, 0) is 0 Å². The molecule has 0 spiro atoms. The van der Waals surface area contributed by atoms with Gasteiger partial charge in [0.1, 0.15) is 0 Å². The van der Waals surface area contributed by atoms with E-state index in [1.54, 1.807) is 0 Å². The zero-order valence-corrected chi connectivity index (χ0v) is 10.0. The van der Waals surface area contributed by atoms with Crippen LogP contribution in [-0.4, -0.2) is 0 Å². The van der Waals surface area contributed by atoms with Gasteiger partial charge in [0.25, 0.3) is 0 Å². The van der Waals surface area contributed by atoms with Crippen LogP contribution >= 0.6 is 0 Å². The summed E-state index contributed by atoms with van der Waals surface area (Å²) in [6.45, 7) is 0. The van der Waals surface area contributed by atoms with E-state index in [0.29, 0.717) is 0 Å². The number of hydrogen-bond acceptors (Lipinski definition) is 0. The SMILES string of the molecule is [CH3-].[CH3-].[U].[W]. The summed E-state index contributed by atoms with van der Waals surface area (Å²) in [6, 6.07) is 0. The smallest absolute Gasteiger partial charge is 0 e. The van der Waals surface area contributed by atoms with Crippen LogP contribution < -0.4 is 0 Å². The van der Waals surface area contributed by atoms with Gasteiger partial charge in [-0.3, -0.25) is 0 Å². The maximum Gasteiger partial charge on any atom is 0 e. The van der Waals surface area contributed by atoms with E-state index in [4.69, 9.17) is 0 Å². The van der Waals surface area contributed by atoms with Gasteiger partial charge in [-0.1, -0.05) is 0 Å². The van der Waals surface area contributed by atoms with Crippen LogP contribution in [0.3, 0.4) is 0 Å². The van der Waals surface area contributed by atoms with Crippen molar-refractivity contribution in [1.29, 1.82) is 0 Å². The molecule has 0 saturated heterocycles. The Balaban J connectivity index is 0. The van der Waals surface area contributed by atoms with E-state index in [1.807, 2.05) is 0 Å². The van der Waals surface area contributed by atoms with Gasteiger partial charge in [0.2, 0.25) is 0 Å². The van der Waals surface area contributed by atoms with Crippen LogP contribution in [0.5, 0.6) is 0 Å². The van der Waals surface area contributed by atoms with Gasteiger partial charge in [0, 0.05) is 52.2 Å². The first-order chi connectivity index (χ1) is 0. The fourth-order valence-corrected chi connectivity index (χ4v) is 0. The van der Waals surface area contributed by atoms with E-state index in [9.17, 15) is 0 Å². The van der Waals surface area contributed by atoms with Gasteiger partial charge in [-0.15, -0.1) is 0 Å². The predicted octanol–water partition coefficient (Wildman–Crippen LogP) is 0.898. The van der Waals surface area contributed by atoms with E-state index in [0.717, 1.165) is 0 Å². The average molecular weight is 452 g/mol. The molecule has 0 atom stereocenters. The Morgan fingerprint density at radius 3 is 0.750 bits per heavy atom. The molecule has 0 aliphatic carbocycles. The molecular weight excluding hydrogens is 446 g/mol. The van der Waals surface area contributed by atoms with Crippen molar-refractivity contribution < 1.29 is 52.2 Å². The van der Waals surface area contributed by atoms with Crippen molar-refractivity contribution >= 4 is 0 Å². The Bertz CT molecular complexity index is 6.00. The third kappa shape index (κ3) is 9.27. The zero-order chi connectivity index (χ0) is 0. The molecule has 0 fully saturated rings. The predicted molar refractivity (Wildman–Crippen MR) is 12.8 cm³/mol. The Morgan fingerprint density at radius 2 is 0.750 bits per heavy atom. The van der Waals surface area contributed by atoms with Crippen LogP contribution in [-0.2, 0) is 21.1 Å². The van der Waals surface area contributed by atoms with Gasteiger partial charge >= 0.3 is 0 Å². The van der Waals surface area contributed by atoms with E-state index in [1.165, 1.54) is 0 Å². The first-order valence-corrected chi connectivity index (χ1v) is 0. The van der Waals surface area contributed by atoms with Crippen LogP contribution in [0.2, 0.25) is 0 Å². The third-order valence-corrected chi connectivity index (χ3v) is 0. The molecule has 0 bridgehead atoms. The summed E-state index contributed by atoms with van der Waals surface area (Å²) >= 11 is 0. The summed E-state index contributed by atoms with van der Waals surface area (Å²) in [7, 11) is 0. The van der Waals surface area contributed by atoms with Gasteiger partial charge in [-0.25, -0.2) is 0 Å². The molecule has 4 heavy (non-hydrogen) atoms. The summed E-state index contributed by atoms with van der Waals surface area (Å²) in [5.74, 6) is 0. The average Bonchev–Trinajstić information content (AvgIpc) is 0. The van der Waals surface area contributed by atoms with Gasteiger partial charge < -0.3 is 14.9 Å². The molecule has 0 aromatic carbocycles. The van der Waals surface area contributed by atoms with E-state index < -0.39 is 0 Å². The van der Waals surface area contributed by atoms with E-state index in [-0.39, 0.29) is 67.0 Å². The van der Waals surface area contributed by atoms with Crippen molar-refractivity contribution in [2.24, 2.45) is 0 Å². The van der Waals surface area contributed by atoms with Crippen LogP contribution in [0.25, 0.3) is 0 Å². The molecule has 26 valence electrons. The molecule has 0 heterocycles. The standard InChI is InChI=1S/2CH3.U.W/h2*1H3;;/q2*-1;;. The van der Waals surface area contributed by atoms with Crippen LogP contribution in [0, 0.1) is 46.0 Å². The minimum atomic E-state index is 0. The van der Waals surface area contributed by atoms with E-state index in [2.05, 4.69) is 0 Å². The summed E-state index contributed by atoms with van der Waals surface area (Å²) < 4.78 is 0. The van der Waals surface area contributed by atoms with E-state index >= 15 is 0 Å². The van der Waals surface area contributed by atoms with Gasteiger partial charge in [0.15, 0.2) is 0 Å². The number of rotatable bonds is 0. The first kappa shape index (κ1) is 42.6. The first-order valence-electron chi connectivity index (χ1n) is 0. The molecule has 0 aromatic heterocycles. The topological polar surface area (TPSA) is 0 Å². The minimum Gasteiger partial charge on any atom is -0.358 e. The third-order valence-electron chi connectivity index (χ3n) is 0. The van der Waals surface area contributed by atoms with Crippen molar-refractivity contribution in [2.75, 3.05) is 0 Å². The van der Waals surface area contributed by atoms with Crippen molar-refractivity contribution in [1.82, 2.24) is 0 Å². The Labute approximate surface area is 66.4 Å². The second-order valence-electron chi connectivity index (χ2n) is 0. The molecule has 0 unspecified atom stereocenters. The fraction of sp³-hybridized carbons (Fsp3) is 0. The molecule has 0 aromatic rings. The molecule has 2 heteroatoms. The number of hydrogen-bond donors (Lipinski definition) is 0. The Kier molecular flexibility index (Phi) is 233. The van der Waals surface area contributed by atoms with Crippen LogP contribution in [0.1, 0.15) is 0 Å². The van der Waals surface area contributed by atoms with Gasteiger partial charge in [0.05, 0.1) is 0 Å². The molecule has 0 saturated carbocycles. The normalized spacial score (nSPS) is 0. The van der Waals surface area contributed by atoms with Crippen LogP contribution in [0.15, 0.2) is 0 Å². The second-order valence-corrected chi connectivity index (χ2v) is 0. The van der Waals surface area contributed by atoms with Crippen molar-refractivity contribution in [2.45, 2.75) is 0 Å². The summed E-state index contributed by atoms with van der Waals surface area (Å²) in [6.07, 6.45) is 0. The molecule has 0 nitrogen and oxygen atoms in total. The summed E-state index contributed by atoms with van der Waals surface area (Å²) in [5.41, 5.74) is 0. The molecular formula is C2H6UW-2. The largest absolute Gasteiger partial charge is 0.358 e. The summed E-state index contributed by atoms with van der Waals surface area (Å²) in [4.78, 5) is 0. The van der Waals surface area contributed by atoms with Crippen LogP contribution in [0.4, 0.5) is 0 Å². The molecule has 0 radical (unpaired) electrons. The second kappa shape index (κ2) is 21.9. The minimum absolute atomic E-state index is 0. The molecule has 0 rings (SSSR count). The molecule has 0 aliphatic heterocycles. The fourth-order valence-electron chi connectivity index (χ4n) is 0. The maximum absolute atomic E-state index is 0. The van der Waals surface area contributed by atoms with Crippen molar-refractivity contribution in [3.63, 3.8) is 0 Å².